The molecule has 2 aliphatic rings. The molecule has 0 unspecified atom stereocenters. The van der Waals surface area contributed by atoms with Crippen molar-refractivity contribution in [2.75, 3.05) is 23.0 Å². The second-order valence-corrected chi connectivity index (χ2v) is 10.5. The number of carbonyl (C=O) groups excluding carboxylic acids is 4. The molecule has 0 radical (unpaired) electrons. The number of hydrogen-bond donors (Lipinski definition) is 1. The lowest BCUT2D eigenvalue weighted by Gasteiger charge is -2.17. The van der Waals surface area contributed by atoms with Gasteiger partial charge in [0, 0.05) is 6.04 Å². The van der Waals surface area contributed by atoms with Crippen LogP contribution in [0.4, 0.5) is 5.69 Å². The Balaban J connectivity index is 1.45. The highest BCUT2D eigenvalue weighted by molar-refractivity contribution is 7.91. The van der Waals surface area contributed by atoms with Crippen LogP contribution >= 0.6 is 0 Å². The topological polar surface area (TPSA) is 127 Å². The first kappa shape index (κ1) is 22.7. The smallest absolute Gasteiger partial charge is 0.338 e. The molecule has 3 amide bonds. The van der Waals surface area contributed by atoms with Crippen LogP contribution in [0.25, 0.3) is 0 Å². The number of nitrogens with zero attached hydrogens (tertiary/aromatic N) is 1. The number of hydrogen-bond acceptors (Lipinski definition) is 7. The van der Waals surface area contributed by atoms with E-state index >= 15 is 0 Å². The van der Waals surface area contributed by atoms with Gasteiger partial charge in [0.05, 0.1) is 33.9 Å². The number of amides is 3. The van der Waals surface area contributed by atoms with E-state index < -0.39 is 46.2 Å². The summed E-state index contributed by atoms with van der Waals surface area (Å²) < 4.78 is 28.0. The lowest BCUT2D eigenvalue weighted by Crippen LogP contribution is -2.38. The van der Waals surface area contributed by atoms with E-state index in [4.69, 9.17) is 4.74 Å². The average Bonchev–Trinajstić information content (AvgIpc) is 3.23. The molecule has 1 saturated heterocycles. The summed E-state index contributed by atoms with van der Waals surface area (Å²) in [5.74, 6) is -2.59. The van der Waals surface area contributed by atoms with Crippen LogP contribution in [0.15, 0.2) is 36.4 Å². The van der Waals surface area contributed by atoms with Crippen LogP contribution in [0, 0.1) is 13.8 Å². The highest BCUT2D eigenvalue weighted by Crippen LogP contribution is 2.31. The van der Waals surface area contributed by atoms with E-state index in [-0.39, 0.29) is 28.2 Å². The molecule has 2 aromatic carbocycles. The van der Waals surface area contributed by atoms with Crippen molar-refractivity contribution in [3.63, 3.8) is 0 Å². The molecule has 0 bridgehead atoms. The Labute approximate surface area is 190 Å². The van der Waals surface area contributed by atoms with Crippen molar-refractivity contribution in [2.24, 2.45) is 0 Å². The van der Waals surface area contributed by atoms with Crippen LogP contribution in [0.2, 0.25) is 0 Å². The van der Waals surface area contributed by atoms with Crippen molar-refractivity contribution in [2.45, 2.75) is 26.3 Å². The van der Waals surface area contributed by atoms with Crippen LogP contribution in [-0.2, 0) is 19.4 Å². The summed E-state index contributed by atoms with van der Waals surface area (Å²) in [6.45, 7) is 3.07. The molecular formula is C23H22N2O7S. The minimum absolute atomic E-state index is 0.0126. The van der Waals surface area contributed by atoms with Gasteiger partial charge in [-0.1, -0.05) is 12.1 Å². The number of esters is 1. The maximum absolute atomic E-state index is 13.0. The van der Waals surface area contributed by atoms with Gasteiger partial charge in [0.2, 0.25) is 0 Å². The van der Waals surface area contributed by atoms with E-state index in [1.54, 1.807) is 13.0 Å². The molecule has 0 spiro atoms. The number of rotatable bonds is 5. The fourth-order valence-electron chi connectivity index (χ4n) is 3.94. The Hall–Kier alpha value is -3.53. The van der Waals surface area contributed by atoms with Crippen molar-refractivity contribution in [3.05, 3.63) is 64.2 Å². The second-order valence-electron chi connectivity index (χ2n) is 8.24. The number of aryl methyl sites for hydroxylation is 2. The first-order chi connectivity index (χ1) is 15.6. The van der Waals surface area contributed by atoms with Crippen LogP contribution in [-0.4, -0.2) is 56.3 Å². The second kappa shape index (κ2) is 8.43. The summed E-state index contributed by atoms with van der Waals surface area (Å²) in [5, 5.41) is 2.53. The number of benzene rings is 2. The zero-order valence-electron chi connectivity index (χ0n) is 18.1. The molecular weight excluding hydrogens is 448 g/mol. The van der Waals surface area contributed by atoms with E-state index in [2.05, 4.69) is 5.32 Å². The summed E-state index contributed by atoms with van der Waals surface area (Å²) >= 11 is 0. The van der Waals surface area contributed by atoms with Gasteiger partial charge >= 0.3 is 5.97 Å². The van der Waals surface area contributed by atoms with E-state index in [0.29, 0.717) is 12.1 Å². The molecule has 0 aromatic heterocycles. The number of nitrogens with one attached hydrogen (secondary N) is 1. The molecule has 0 saturated carbocycles. The number of imide groups is 1. The summed E-state index contributed by atoms with van der Waals surface area (Å²) in [6.07, 6.45) is 0.319. The summed E-state index contributed by atoms with van der Waals surface area (Å²) in [7, 11) is -3.15. The maximum Gasteiger partial charge on any atom is 0.338 e. The summed E-state index contributed by atoms with van der Waals surface area (Å²) in [5.41, 5.74) is 2.42. The van der Waals surface area contributed by atoms with Gasteiger partial charge in [-0.2, -0.15) is 0 Å². The first-order valence-electron chi connectivity index (χ1n) is 10.3. The number of fused-ring (bicyclic) bond motifs is 1. The van der Waals surface area contributed by atoms with E-state index in [1.807, 2.05) is 19.1 Å². The molecule has 2 aliphatic heterocycles. The van der Waals surface area contributed by atoms with E-state index in [9.17, 15) is 27.6 Å². The zero-order valence-corrected chi connectivity index (χ0v) is 18.9. The molecule has 1 fully saturated rings. The van der Waals surface area contributed by atoms with E-state index in [1.165, 1.54) is 18.2 Å². The average molecular weight is 471 g/mol. The van der Waals surface area contributed by atoms with Gasteiger partial charge < -0.3 is 10.1 Å². The number of carbonyl (C=O) groups is 4. The van der Waals surface area contributed by atoms with Gasteiger partial charge in [-0.05, 0) is 55.7 Å². The van der Waals surface area contributed by atoms with Crippen LogP contribution in [0.1, 0.15) is 48.6 Å². The normalized spacial score (nSPS) is 18.8. The Morgan fingerprint density at radius 3 is 2.48 bits per heavy atom. The fourth-order valence-corrected chi connectivity index (χ4v) is 5.61. The van der Waals surface area contributed by atoms with Crippen molar-refractivity contribution >= 4 is 39.2 Å². The molecule has 9 nitrogen and oxygen atoms in total. The van der Waals surface area contributed by atoms with Crippen molar-refractivity contribution in [3.8, 4) is 0 Å². The van der Waals surface area contributed by atoms with Crippen molar-refractivity contribution in [1.82, 2.24) is 5.32 Å². The van der Waals surface area contributed by atoms with Crippen molar-refractivity contribution < 1.29 is 32.3 Å². The molecule has 33 heavy (non-hydrogen) atoms. The quantitative estimate of drug-likeness (QED) is 0.519. The Kier molecular flexibility index (Phi) is 5.79. The van der Waals surface area contributed by atoms with E-state index in [0.717, 1.165) is 16.0 Å². The van der Waals surface area contributed by atoms with Gasteiger partial charge in [-0.25, -0.2) is 18.1 Å². The Morgan fingerprint density at radius 1 is 1.06 bits per heavy atom. The zero-order chi connectivity index (χ0) is 23.9. The third kappa shape index (κ3) is 4.51. The van der Waals surface area contributed by atoms with Gasteiger partial charge in [-0.15, -0.1) is 0 Å². The monoisotopic (exact) mass is 470 g/mol. The predicted octanol–water partition coefficient (Wildman–Crippen LogP) is 1.56. The van der Waals surface area contributed by atoms with Gasteiger partial charge in [0.25, 0.3) is 17.7 Å². The number of anilines is 1. The largest absolute Gasteiger partial charge is 0.452 e. The van der Waals surface area contributed by atoms with Crippen LogP contribution in [0.5, 0.6) is 0 Å². The molecule has 2 heterocycles. The highest BCUT2D eigenvalue weighted by atomic mass is 32.2. The van der Waals surface area contributed by atoms with Gasteiger partial charge in [0.1, 0.15) is 0 Å². The standard InChI is InChI=1S/C23H22N2O7S/c1-13-3-4-14(2)19(9-13)25-21(27)17-6-5-15(10-18(17)22(25)28)23(29)32-11-20(26)24-16-7-8-33(30,31)12-16/h3-6,9-10,16H,7-8,11-12H2,1-2H3,(H,24,26)/t16-/m0/s1. The fraction of sp³-hybridized carbons (Fsp3) is 0.304. The molecule has 2 aromatic rings. The highest BCUT2D eigenvalue weighted by Gasteiger charge is 2.38. The summed E-state index contributed by atoms with van der Waals surface area (Å²) in [6, 6.07) is 8.99. The minimum Gasteiger partial charge on any atom is -0.452 e. The summed E-state index contributed by atoms with van der Waals surface area (Å²) in [4.78, 5) is 51.4. The lowest BCUT2D eigenvalue weighted by atomic mass is 10.1. The predicted molar refractivity (Wildman–Crippen MR) is 119 cm³/mol. The minimum atomic E-state index is -3.15. The molecule has 1 N–H and O–H groups in total. The number of sulfone groups is 1. The van der Waals surface area contributed by atoms with Crippen LogP contribution < -0.4 is 10.2 Å². The Bertz CT molecular complexity index is 1300. The third-order valence-electron chi connectivity index (χ3n) is 5.66. The SMILES string of the molecule is Cc1ccc(C)c(N2C(=O)c3ccc(C(=O)OCC(=O)N[C@H]4CCS(=O)(=O)C4)cc3C2=O)c1. The van der Waals surface area contributed by atoms with Gasteiger partial charge in [0.15, 0.2) is 16.4 Å². The Morgan fingerprint density at radius 2 is 1.79 bits per heavy atom. The lowest BCUT2D eigenvalue weighted by molar-refractivity contribution is -0.124. The van der Waals surface area contributed by atoms with Crippen molar-refractivity contribution in [1.29, 1.82) is 0 Å². The van der Waals surface area contributed by atoms with Crippen LogP contribution in [0.3, 0.4) is 0 Å². The van der Waals surface area contributed by atoms with Gasteiger partial charge in [-0.3, -0.25) is 14.4 Å². The maximum atomic E-state index is 13.0. The number of ether oxygens (including phenoxy) is 1. The molecule has 10 heteroatoms. The molecule has 4 rings (SSSR count). The molecule has 172 valence electrons. The third-order valence-corrected chi connectivity index (χ3v) is 7.43. The first-order valence-corrected chi connectivity index (χ1v) is 12.1. The molecule has 0 aliphatic carbocycles. The molecule has 1 atom stereocenters.